The van der Waals surface area contributed by atoms with E-state index in [4.69, 9.17) is 5.73 Å². The summed E-state index contributed by atoms with van der Waals surface area (Å²) in [4.78, 5) is 25.6. The van der Waals surface area contributed by atoms with Crippen LogP contribution < -0.4 is 11.1 Å². The first-order valence-corrected chi connectivity index (χ1v) is 5.45. The third-order valence-corrected chi connectivity index (χ3v) is 2.46. The maximum atomic E-state index is 13.5. The third-order valence-electron chi connectivity index (χ3n) is 2.46. The normalized spacial score (nSPS) is 10.1. The fraction of sp³-hybridized carbons (Fsp3) is 0. The van der Waals surface area contributed by atoms with Crippen LogP contribution in [0.5, 0.6) is 0 Å². The number of amides is 1. The lowest BCUT2D eigenvalue weighted by molar-refractivity contribution is -0.384. The van der Waals surface area contributed by atoms with Crippen LogP contribution in [-0.4, -0.2) is 15.8 Å². The van der Waals surface area contributed by atoms with Crippen molar-refractivity contribution >= 4 is 23.0 Å². The summed E-state index contributed by atoms with van der Waals surface area (Å²) in [5, 5.41) is 12.8. The second kappa shape index (κ2) is 5.31. The molecular formula is C12H9FN4O3. The van der Waals surface area contributed by atoms with Crippen molar-refractivity contribution in [1.29, 1.82) is 0 Å². The molecule has 1 aromatic heterocycles. The van der Waals surface area contributed by atoms with Crippen LogP contribution in [0.2, 0.25) is 0 Å². The highest BCUT2D eigenvalue weighted by Gasteiger charge is 2.16. The molecule has 1 heterocycles. The molecule has 1 aromatic carbocycles. The highest BCUT2D eigenvalue weighted by Crippen LogP contribution is 2.22. The molecule has 102 valence electrons. The number of non-ortho nitro benzene ring substituents is 1. The summed E-state index contributed by atoms with van der Waals surface area (Å²) in [6.45, 7) is 0. The molecule has 8 heteroatoms. The van der Waals surface area contributed by atoms with Gasteiger partial charge >= 0.3 is 0 Å². The summed E-state index contributed by atoms with van der Waals surface area (Å²) >= 11 is 0. The zero-order chi connectivity index (χ0) is 14.7. The van der Waals surface area contributed by atoms with Crippen LogP contribution in [0.1, 0.15) is 10.5 Å². The van der Waals surface area contributed by atoms with Crippen LogP contribution in [0.3, 0.4) is 0 Å². The van der Waals surface area contributed by atoms with E-state index in [1.165, 1.54) is 12.3 Å². The van der Waals surface area contributed by atoms with Gasteiger partial charge in [-0.25, -0.2) is 9.37 Å². The molecule has 0 bridgehead atoms. The van der Waals surface area contributed by atoms with Gasteiger partial charge in [0.25, 0.3) is 11.6 Å². The number of carbonyl (C=O) groups excluding carboxylic acids is 1. The number of halogens is 1. The number of anilines is 2. The Morgan fingerprint density at radius 2 is 2.15 bits per heavy atom. The van der Waals surface area contributed by atoms with Crippen molar-refractivity contribution in [2.75, 3.05) is 11.1 Å². The van der Waals surface area contributed by atoms with Gasteiger partial charge in [-0.3, -0.25) is 14.9 Å². The maximum Gasteiger partial charge on any atom is 0.276 e. The summed E-state index contributed by atoms with van der Waals surface area (Å²) in [6.07, 6.45) is 1.36. The van der Waals surface area contributed by atoms with Crippen LogP contribution in [0, 0.1) is 15.9 Å². The largest absolute Gasteiger partial charge is 0.397 e. The lowest BCUT2D eigenvalue weighted by Crippen LogP contribution is -2.16. The van der Waals surface area contributed by atoms with Crippen LogP contribution in [0.4, 0.5) is 21.5 Å². The van der Waals surface area contributed by atoms with Crippen molar-refractivity contribution in [3.8, 4) is 0 Å². The Labute approximate surface area is 112 Å². The molecule has 0 saturated heterocycles. The minimum Gasteiger partial charge on any atom is -0.397 e. The Morgan fingerprint density at radius 1 is 1.40 bits per heavy atom. The highest BCUT2D eigenvalue weighted by atomic mass is 19.1. The SMILES string of the molecule is Nc1cccnc1C(=O)Nc1cc([N+](=O)[O-])ccc1F. The quantitative estimate of drug-likeness (QED) is 0.657. The van der Waals surface area contributed by atoms with E-state index in [0.29, 0.717) is 0 Å². The Morgan fingerprint density at radius 3 is 2.80 bits per heavy atom. The van der Waals surface area contributed by atoms with Crippen LogP contribution in [-0.2, 0) is 0 Å². The van der Waals surface area contributed by atoms with Gasteiger partial charge in [-0.05, 0) is 18.2 Å². The fourth-order valence-corrected chi connectivity index (χ4v) is 1.51. The van der Waals surface area contributed by atoms with E-state index in [9.17, 15) is 19.3 Å². The molecular weight excluding hydrogens is 267 g/mol. The van der Waals surface area contributed by atoms with Crippen molar-refractivity contribution in [2.45, 2.75) is 0 Å². The zero-order valence-corrected chi connectivity index (χ0v) is 10.0. The minimum atomic E-state index is -0.793. The zero-order valence-electron chi connectivity index (χ0n) is 10.0. The monoisotopic (exact) mass is 276 g/mol. The number of pyridine rings is 1. The van der Waals surface area contributed by atoms with E-state index < -0.39 is 16.6 Å². The predicted molar refractivity (Wildman–Crippen MR) is 69.7 cm³/mol. The second-order valence-electron chi connectivity index (χ2n) is 3.82. The lowest BCUT2D eigenvalue weighted by atomic mass is 10.2. The molecule has 1 amide bonds. The van der Waals surface area contributed by atoms with Crippen LogP contribution >= 0.6 is 0 Å². The summed E-state index contributed by atoms with van der Waals surface area (Å²) in [5.41, 5.74) is 4.95. The number of hydrogen-bond donors (Lipinski definition) is 2. The van der Waals surface area contributed by atoms with E-state index in [0.717, 1.165) is 18.2 Å². The molecule has 7 nitrogen and oxygen atoms in total. The van der Waals surface area contributed by atoms with E-state index in [1.807, 2.05) is 0 Å². The van der Waals surface area contributed by atoms with Crippen molar-refractivity contribution in [2.24, 2.45) is 0 Å². The fourth-order valence-electron chi connectivity index (χ4n) is 1.51. The molecule has 0 aliphatic heterocycles. The van der Waals surface area contributed by atoms with E-state index in [2.05, 4.69) is 10.3 Å². The third kappa shape index (κ3) is 2.69. The maximum absolute atomic E-state index is 13.5. The van der Waals surface area contributed by atoms with E-state index in [1.54, 1.807) is 6.07 Å². The molecule has 0 unspecified atom stereocenters. The number of nitrogens with zero attached hydrogens (tertiary/aromatic N) is 2. The van der Waals surface area contributed by atoms with Gasteiger partial charge in [0.05, 0.1) is 16.3 Å². The number of nitrogen functional groups attached to an aromatic ring is 1. The molecule has 20 heavy (non-hydrogen) atoms. The first kappa shape index (κ1) is 13.4. The smallest absolute Gasteiger partial charge is 0.276 e. The minimum absolute atomic E-state index is 0.0848. The number of carbonyl (C=O) groups is 1. The van der Waals surface area contributed by atoms with Gasteiger partial charge in [0, 0.05) is 18.3 Å². The first-order valence-electron chi connectivity index (χ1n) is 5.45. The lowest BCUT2D eigenvalue weighted by Gasteiger charge is -2.07. The standard InChI is InChI=1S/C12H9FN4O3/c13-8-4-3-7(17(19)20)6-10(8)16-12(18)11-9(14)2-1-5-15-11/h1-6H,14H2,(H,16,18). The van der Waals surface area contributed by atoms with Crippen molar-refractivity contribution in [3.63, 3.8) is 0 Å². The number of aromatic nitrogens is 1. The topological polar surface area (TPSA) is 111 Å². The average Bonchev–Trinajstić information content (AvgIpc) is 2.41. The molecule has 0 radical (unpaired) electrons. The van der Waals surface area contributed by atoms with Gasteiger partial charge in [-0.1, -0.05) is 0 Å². The van der Waals surface area contributed by atoms with Crippen molar-refractivity contribution in [1.82, 2.24) is 4.98 Å². The molecule has 2 rings (SSSR count). The van der Waals surface area contributed by atoms with Crippen LogP contribution in [0.25, 0.3) is 0 Å². The number of nitro benzene ring substituents is 1. The van der Waals surface area contributed by atoms with Gasteiger partial charge in [-0.2, -0.15) is 0 Å². The Bertz CT molecular complexity index is 690. The molecule has 3 N–H and O–H groups in total. The first-order chi connectivity index (χ1) is 9.49. The van der Waals surface area contributed by atoms with Gasteiger partial charge in [-0.15, -0.1) is 0 Å². The molecule has 0 aliphatic carbocycles. The number of nitrogens with one attached hydrogen (secondary N) is 1. The van der Waals surface area contributed by atoms with Crippen molar-refractivity contribution < 1.29 is 14.1 Å². The summed E-state index contributed by atoms with van der Waals surface area (Å²) < 4.78 is 13.5. The van der Waals surface area contributed by atoms with E-state index in [-0.39, 0.29) is 22.8 Å². The predicted octanol–water partition coefficient (Wildman–Crippen LogP) is 1.96. The van der Waals surface area contributed by atoms with E-state index >= 15 is 0 Å². The van der Waals surface area contributed by atoms with Crippen LogP contribution in [0.15, 0.2) is 36.5 Å². The number of nitro groups is 1. The average molecular weight is 276 g/mol. The van der Waals surface area contributed by atoms with Crippen molar-refractivity contribution in [3.05, 3.63) is 58.2 Å². The molecule has 2 aromatic rings. The molecule has 0 fully saturated rings. The number of benzene rings is 1. The Hall–Kier alpha value is -3.03. The Kier molecular flexibility index (Phi) is 3.56. The number of nitrogens with two attached hydrogens (primary N) is 1. The summed E-state index contributed by atoms with van der Waals surface area (Å²) in [5.74, 6) is -1.54. The summed E-state index contributed by atoms with van der Waals surface area (Å²) in [6, 6.07) is 5.83. The Balaban J connectivity index is 2.30. The highest BCUT2D eigenvalue weighted by molar-refractivity contribution is 6.06. The van der Waals surface area contributed by atoms with Gasteiger partial charge in [0.15, 0.2) is 5.69 Å². The van der Waals surface area contributed by atoms with Gasteiger partial charge in [0.1, 0.15) is 5.82 Å². The number of rotatable bonds is 3. The second-order valence-corrected chi connectivity index (χ2v) is 3.82. The molecule has 0 saturated carbocycles. The molecule has 0 spiro atoms. The summed E-state index contributed by atoms with van der Waals surface area (Å²) in [7, 11) is 0. The molecule has 0 aliphatic rings. The van der Waals surface area contributed by atoms with Gasteiger partial charge in [0.2, 0.25) is 0 Å². The molecule has 0 atom stereocenters. The van der Waals surface area contributed by atoms with Gasteiger partial charge < -0.3 is 11.1 Å². The number of hydrogen-bond acceptors (Lipinski definition) is 5.